The van der Waals surface area contributed by atoms with Crippen molar-refractivity contribution in [1.82, 2.24) is 9.97 Å². The van der Waals surface area contributed by atoms with Crippen molar-refractivity contribution in [3.05, 3.63) is 47.8 Å². The fraction of sp³-hybridized carbons (Fsp3) is 0.375. The third-order valence-electron chi connectivity index (χ3n) is 3.40. The fourth-order valence-electron chi connectivity index (χ4n) is 2.40. The largest absolute Gasteiger partial charge is 0.395 e. The van der Waals surface area contributed by atoms with Crippen LogP contribution in [0.15, 0.2) is 36.7 Å². The van der Waals surface area contributed by atoms with E-state index in [1.807, 2.05) is 25.2 Å². The second-order valence-electron chi connectivity index (χ2n) is 4.76. The molecule has 0 aliphatic rings. The molecule has 0 amide bonds. The van der Waals surface area contributed by atoms with Crippen LogP contribution in [-0.2, 0) is 13.0 Å². The Bertz CT molecular complexity index is 559. The number of hydrogen-bond donors (Lipinski definition) is 2. The Balaban J connectivity index is 2.34. The Morgan fingerprint density at radius 2 is 1.95 bits per heavy atom. The van der Waals surface area contributed by atoms with Crippen molar-refractivity contribution in [2.75, 3.05) is 30.4 Å². The monoisotopic (exact) mass is 286 g/mol. The minimum atomic E-state index is 0.0921. The second-order valence-corrected chi connectivity index (χ2v) is 4.76. The van der Waals surface area contributed by atoms with Gasteiger partial charge in [0.15, 0.2) is 0 Å². The smallest absolute Gasteiger partial charge is 0.137 e. The van der Waals surface area contributed by atoms with Gasteiger partial charge >= 0.3 is 0 Å². The molecule has 0 fully saturated rings. The molecular weight excluding hydrogens is 264 g/mol. The van der Waals surface area contributed by atoms with Crippen molar-refractivity contribution < 1.29 is 5.11 Å². The lowest BCUT2D eigenvalue weighted by molar-refractivity contribution is 0.301. The SMILES string of the molecule is CCc1c(NC)ncnc1N(CCO)Cc1ccccc1. The molecule has 5 heteroatoms. The van der Waals surface area contributed by atoms with Gasteiger partial charge in [-0.15, -0.1) is 0 Å². The topological polar surface area (TPSA) is 61.3 Å². The van der Waals surface area contributed by atoms with Gasteiger partial charge in [0.25, 0.3) is 0 Å². The third-order valence-corrected chi connectivity index (χ3v) is 3.40. The molecule has 5 nitrogen and oxygen atoms in total. The summed E-state index contributed by atoms with van der Waals surface area (Å²) in [5.41, 5.74) is 2.27. The molecule has 2 rings (SSSR count). The number of hydrogen-bond acceptors (Lipinski definition) is 5. The van der Waals surface area contributed by atoms with Crippen LogP contribution in [0.2, 0.25) is 0 Å². The van der Waals surface area contributed by atoms with Gasteiger partial charge in [0.05, 0.1) is 6.61 Å². The van der Waals surface area contributed by atoms with E-state index in [9.17, 15) is 5.11 Å². The van der Waals surface area contributed by atoms with Crippen molar-refractivity contribution >= 4 is 11.6 Å². The maximum atomic E-state index is 9.37. The van der Waals surface area contributed by atoms with Crippen LogP contribution < -0.4 is 10.2 Å². The van der Waals surface area contributed by atoms with Gasteiger partial charge in [-0.2, -0.15) is 0 Å². The Morgan fingerprint density at radius 1 is 1.19 bits per heavy atom. The van der Waals surface area contributed by atoms with Crippen molar-refractivity contribution in [2.45, 2.75) is 19.9 Å². The second kappa shape index (κ2) is 7.59. The molecule has 1 aromatic carbocycles. The lowest BCUT2D eigenvalue weighted by Crippen LogP contribution is -2.28. The van der Waals surface area contributed by atoms with Crippen LogP contribution in [0.4, 0.5) is 11.6 Å². The summed E-state index contributed by atoms with van der Waals surface area (Å²) < 4.78 is 0. The van der Waals surface area contributed by atoms with Gasteiger partial charge < -0.3 is 15.3 Å². The molecule has 0 saturated carbocycles. The van der Waals surface area contributed by atoms with Gasteiger partial charge in [-0.05, 0) is 12.0 Å². The van der Waals surface area contributed by atoms with Gasteiger partial charge in [-0.1, -0.05) is 37.3 Å². The highest BCUT2D eigenvalue weighted by Gasteiger charge is 2.15. The molecule has 112 valence electrons. The number of rotatable bonds is 7. The molecule has 1 heterocycles. The zero-order chi connectivity index (χ0) is 15.1. The quantitative estimate of drug-likeness (QED) is 0.816. The van der Waals surface area contributed by atoms with E-state index < -0.39 is 0 Å². The first-order chi connectivity index (χ1) is 10.3. The standard InChI is InChI=1S/C16H22N4O/c1-3-14-15(17-2)18-12-19-16(14)20(9-10-21)11-13-7-5-4-6-8-13/h4-8,12,21H,3,9-11H2,1-2H3,(H,17,18,19). The molecule has 0 aliphatic carbocycles. The number of benzene rings is 1. The van der Waals surface area contributed by atoms with E-state index in [0.29, 0.717) is 13.1 Å². The maximum absolute atomic E-state index is 9.37. The molecule has 0 radical (unpaired) electrons. The first kappa shape index (κ1) is 15.3. The van der Waals surface area contributed by atoms with Crippen LogP contribution >= 0.6 is 0 Å². The van der Waals surface area contributed by atoms with Crippen molar-refractivity contribution in [2.24, 2.45) is 0 Å². The van der Waals surface area contributed by atoms with Crippen molar-refractivity contribution in [3.8, 4) is 0 Å². The minimum Gasteiger partial charge on any atom is -0.395 e. The van der Waals surface area contributed by atoms with Crippen LogP contribution in [0.1, 0.15) is 18.1 Å². The van der Waals surface area contributed by atoms with Gasteiger partial charge in [0.1, 0.15) is 18.0 Å². The lowest BCUT2D eigenvalue weighted by atomic mass is 10.1. The van der Waals surface area contributed by atoms with E-state index in [1.54, 1.807) is 6.33 Å². The molecule has 0 atom stereocenters. The summed E-state index contributed by atoms with van der Waals surface area (Å²) in [6.07, 6.45) is 2.40. The van der Waals surface area contributed by atoms with Crippen LogP contribution in [0.5, 0.6) is 0 Å². The molecular formula is C16H22N4O. The summed E-state index contributed by atoms with van der Waals surface area (Å²) in [5, 5.41) is 12.5. The van der Waals surface area contributed by atoms with Crippen molar-refractivity contribution in [3.63, 3.8) is 0 Å². The molecule has 0 unspecified atom stereocenters. The summed E-state index contributed by atoms with van der Waals surface area (Å²) >= 11 is 0. The minimum absolute atomic E-state index is 0.0921. The normalized spacial score (nSPS) is 10.4. The first-order valence-electron chi connectivity index (χ1n) is 7.21. The highest BCUT2D eigenvalue weighted by atomic mass is 16.3. The molecule has 0 bridgehead atoms. The maximum Gasteiger partial charge on any atom is 0.137 e. The number of aliphatic hydroxyl groups is 1. The number of nitrogens with zero attached hydrogens (tertiary/aromatic N) is 3. The molecule has 0 spiro atoms. The number of aliphatic hydroxyl groups excluding tert-OH is 1. The molecule has 2 N–H and O–H groups in total. The van der Waals surface area contributed by atoms with E-state index in [-0.39, 0.29) is 6.61 Å². The summed E-state index contributed by atoms with van der Waals surface area (Å²) in [7, 11) is 1.86. The third kappa shape index (κ3) is 3.70. The summed E-state index contributed by atoms with van der Waals surface area (Å²) in [6.45, 7) is 3.44. The van der Waals surface area contributed by atoms with E-state index in [2.05, 4.69) is 39.2 Å². The highest BCUT2D eigenvalue weighted by Crippen LogP contribution is 2.24. The molecule has 2 aromatic rings. The van der Waals surface area contributed by atoms with Gasteiger partial charge in [0.2, 0.25) is 0 Å². The Hall–Kier alpha value is -2.14. The predicted octanol–water partition coefficient (Wildman–Crippen LogP) is 2.08. The first-order valence-corrected chi connectivity index (χ1v) is 7.21. The van der Waals surface area contributed by atoms with Crippen LogP contribution in [0.25, 0.3) is 0 Å². The van der Waals surface area contributed by atoms with E-state index in [1.165, 1.54) is 5.56 Å². The van der Waals surface area contributed by atoms with Crippen LogP contribution in [-0.4, -0.2) is 35.3 Å². The Labute approximate surface area is 125 Å². The van der Waals surface area contributed by atoms with Gasteiger partial charge in [0, 0.05) is 25.7 Å². The number of anilines is 2. The van der Waals surface area contributed by atoms with Crippen LogP contribution in [0, 0.1) is 0 Å². The Kier molecular flexibility index (Phi) is 5.51. The average molecular weight is 286 g/mol. The van der Waals surface area contributed by atoms with Crippen LogP contribution in [0.3, 0.4) is 0 Å². The summed E-state index contributed by atoms with van der Waals surface area (Å²) in [6, 6.07) is 10.2. The molecule has 21 heavy (non-hydrogen) atoms. The van der Waals surface area contributed by atoms with Gasteiger partial charge in [-0.25, -0.2) is 9.97 Å². The number of nitrogens with one attached hydrogen (secondary N) is 1. The summed E-state index contributed by atoms with van der Waals surface area (Å²) in [4.78, 5) is 10.8. The predicted molar refractivity (Wildman–Crippen MR) is 85.5 cm³/mol. The lowest BCUT2D eigenvalue weighted by Gasteiger charge is -2.25. The zero-order valence-electron chi connectivity index (χ0n) is 12.6. The molecule has 0 saturated heterocycles. The van der Waals surface area contributed by atoms with E-state index in [4.69, 9.17) is 0 Å². The Morgan fingerprint density at radius 3 is 2.57 bits per heavy atom. The zero-order valence-corrected chi connectivity index (χ0v) is 12.6. The van der Waals surface area contributed by atoms with E-state index in [0.717, 1.165) is 23.6 Å². The average Bonchev–Trinajstić information content (AvgIpc) is 2.54. The highest BCUT2D eigenvalue weighted by molar-refractivity contribution is 5.58. The fourth-order valence-corrected chi connectivity index (χ4v) is 2.40. The molecule has 0 aliphatic heterocycles. The van der Waals surface area contributed by atoms with E-state index >= 15 is 0 Å². The number of aromatic nitrogens is 2. The molecule has 1 aromatic heterocycles. The summed E-state index contributed by atoms with van der Waals surface area (Å²) in [5.74, 6) is 1.73. The van der Waals surface area contributed by atoms with Crippen molar-refractivity contribution in [1.29, 1.82) is 0 Å². The van der Waals surface area contributed by atoms with Gasteiger partial charge in [-0.3, -0.25) is 0 Å².